The predicted molar refractivity (Wildman–Crippen MR) is 79.7 cm³/mol. The van der Waals surface area contributed by atoms with Gasteiger partial charge in [-0.2, -0.15) is 5.10 Å². The lowest BCUT2D eigenvalue weighted by Gasteiger charge is -2.14. The summed E-state index contributed by atoms with van der Waals surface area (Å²) in [5.74, 6) is -1.37. The Morgan fingerprint density at radius 2 is 2.09 bits per heavy atom. The van der Waals surface area contributed by atoms with Crippen molar-refractivity contribution < 1.29 is 19.4 Å². The van der Waals surface area contributed by atoms with Crippen molar-refractivity contribution in [3.05, 3.63) is 42.5 Å². The van der Waals surface area contributed by atoms with Crippen molar-refractivity contribution in [3.8, 4) is 0 Å². The molecule has 0 aliphatic carbocycles. The predicted octanol–water partition coefficient (Wildman–Crippen LogP) is 0.897. The van der Waals surface area contributed by atoms with Crippen molar-refractivity contribution in [3.63, 3.8) is 0 Å². The molecule has 1 saturated heterocycles. The van der Waals surface area contributed by atoms with Crippen LogP contribution in [0.5, 0.6) is 0 Å². The number of rotatable bonds is 5. The average Bonchev–Trinajstić information content (AvgIpc) is 3.20. The van der Waals surface area contributed by atoms with E-state index in [1.165, 1.54) is 6.33 Å². The number of anilines is 1. The van der Waals surface area contributed by atoms with E-state index in [1.54, 1.807) is 17.1 Å². The van der Waals surface area contributed by atoms with E-state index in [-0.39, 0.29) is 5.91 Å². The Bertz CT molecular complexity index is 701. The third kappa shape index (κ3) is 3.54. The number of nitrogens with zero attached hydrogens (tertiary/aromatic N) is 3. The van der Waals surface area contributed by atoms with Crippen LogP contribution < -0.4 is 5.32 Å². The molecule has 23 heavy (non-hydrogen) atoms. The summed E-state index contributed by atoms with van der Waals surface area (Å²) in [6, 6.07) is 7.35. The Morgan fingerprint density at radius 3 is 2.78 bits per heavy atom. The minimum atomic E-state index is -1.04. The SMILES string of the molecule is O=C(Nc1ccccc1Cn1cncn1)[C@@H]1CC[C@H](C(=O)O)O1. The number of aromatic nitrogens is 3. The van der Waals surface area contributed by atoms with E-state index in [1.807, 2.05) is 18.2 Å². The summed E-state index contributed by atoms with van der Waals surface area (Å²) in [4.78, 5) is 27.0. The molecule has 0 unspecified atom stereocenters. The van der Waals surface area contributed by atoms with E-state index < -0.39 is 18.2 Å². The fourth-order valence-corrected chi connectivity index (χ4v) is 2.49. The first-order chi connectivity index (χ1) is 11.1. The number of carboxylic acid groups (broad SMARTS) is 1. The zero-order chi connectivity index (χ0) is 16.2. The molecule has 0 radical (unpaired) electrons. The van der Waals surface area contributed by atoms with Crippen molar-refractivity contribution in [1.29, 1.82) is 0 Å². The molecule has 0 bridgehead atoms. The molecule has 1 aromatic heterocycles. The highest BCUT2D eigenvalue weighted by Crippen LogP contribution is 2.23. The van der Waals surface area contributed by atoms with Gasteiger partial charge in [-0.25, -0.2) is 14.5 Å². The third-order valence-electron chi connectivity index (χ3n) is 3.66. The van der Waals surface area contributed by atoms with Crippen LogP contribution in [0.2, 0.25) is 0 Å². The molecule has 120 valence electrons. The van der Waals surface area contributed by atoms with E-state index in [0.717, 1.165) is 5.56 Å². The smallest absolute Gasteiger partial charge is 0.332 e. The molecule has 8 heteroatoms. The molecule has 3 rings (SSSR count). The topological polar surface area (TPSA) is 106 Å². The number of carbonyl (C=O) groups excluding carboxylic acids is 1. The van der Waals surface area contributed by atoms with E-state index in [4.69, 9.17) is 9.84 Å². The number of benzene rings is 1. The van der Waals surface area contributed by atoms with Gasteiger partial charge in [0.25, 0.3) is 5.91 Å². The number of hydrogen-bond donors (Lipinski definition) is 2. The van der Waals surface area contributed by atoms with Gasteiger partial charge in [0.2, 0.25) is 0 Å². The van der Waals surface area contributed by atoms with Crippen LogP contribution in [0.1, 0.15) is 18.4 Å². The summed E-state index contributed by atoms with van der Waals surface area (Å²) in [7, 11) is 0. The molecule has 2 heterocycles. The monoisotopic (exact) mass is 316 g/mol. The molecular weight excluding hydrogens is 300 g/mol. The molecule has 1 aliphatic heterocycles. The lowest BCUT2D eigenvalue weighted by Crippen LogP contribution is -2.30. The molecule has 2 N–H and O–H groups in total. The van der Waals surface area contributed by atoms with Gasteiger partial charge in [-0.3, -0.25) is 4.79 Å². The van der Waals surface area contributed by atoms with E-state index in [2.05, 4.69) is 15.4 Å². The summed E-state index contributed by atoms with van der Waals surface area (Å²) in [6.07, 6.45) is 2.13. The van der Waals surface area contributed by atoms with Gasteiger partial charge in [0.05, 0.1) is 6.54 Å². The quantitative estimate of drug-likeness (QED) is 0.848. The van der Waals surface area contributed by atoms with Crippen molar-refractivity contribution in [2.75, 3.05) is 5.32 Å². The normalized spacial score (nSPS) is 20.3. The molecule has 1 aromatic carbocycles. The fourth-order valence-electron chi connectivity index (χ4n) is 2.49. The maximum absolute atomic E-state index is 12.3. The van der Waals surface area contributed by atoms with Crippen molar-refractivity contribution in [2.24, 2.45) is 0 Å². The summed E-state index contributed by atoms with van der Waals surface area (Å²) < 4.78 is 6.91. The van der Waals surface area contributed by atoms with E-state index >= 15 is 0 Å². The number of hydrogen-bond acceptors (Lipinski definition) is 5. The number of carbonyl (C=O) groups is 2. The Balaban J connectivity index is 1.68. The third-order valence-corrected chi connectivity index (χ3v) is 3.66. The lowest BCUT2D eigenvalue weighted by atomic mass is 10.1. The number of carboxylic acids is 1. The highest BCUT2D eigenvalue weighted by atomic mass is 16.5. The average molecular weight is 316 g/mol. The summed E-state index contributed by atoms with van der Waals surface area (Å²) in [6.45, 7) is 0.472. The Morgan fingerprint density at radius 1 is 1.30 bits per heavy atom. The van der Waals surface area contributed by atoms with Crippen LogP contribution in [0.15, 0.2) is 36.9 Å². The number of nitrogens with one attached hydrogen (secondary N) is 1. The van der Waals surface area contributed by atoms with Gasteiger partial charge in [-0.1, -0.05) is 18.2 Å². The van der Waals surface area contributed by atoms with E-state index in [0.29, 0.717) is 25.1 Å². The lowest BCUT2D eigenvalue weighted by molar-refractivity contribution is -0.150. The van der Waals surface area contributed by atoms with Crippen LogP contribution in [0, 0.1) is 0 Å². The van der Waals surface area contributed by atoms with Crippen LogP contribution >= 0.6 is 0 Å². The first-order valence-corrected chi connectivity index (χ1v) is 7.23. The standard InChI is InChI=1S/C15H16N4O4/c20-14(12-5-6-13(23-12)15(21)22)18-11-4-2-1-3-10(11)7-19-9-16-8-17-19/h1-4,8-9,12-13H,5-7H2,(H,18,20)(H,21,22)/t12-,13+/m0/s1. The Kier molecular flexibility index (Phi) is 4.33. The first kappa shape index (κ1) is 15.2. The molecular formula is C15H16N4O4. The van der Waals surface area contributed by atoms with Crippen LogP contribution in [-0.4, -0.2) is 44.0 Å². The highest BCUT2D eigenvalue weighted by Gasteiger charge is 2.34. The van der Waals surface area contributed by atoms with Gasteiger partial charge in [-0.15, -0.1) is 0 Å². The molecule has 2 aromatic rings. The number of ether oxygens (including phenoxy) is 1. The van der Waals surface area contributed by atoms with Gasteiger partial charge in [0, 0.05) is 5.69 Å². The van der Waals surface area contributed by atoms with Gasteiger partial charge in [0.1, 0.15) is 18.8 Å². The molecule has 8 nitrogen and oxygen atoms in total. The van der Waals surface area contributed by atoms with Gasteiger partial charge in [0.15, 0.2) is 6.10 Å². The van der Waals surface area contributed by atoms with Crippen LogP contribution in [0.4, 0.5) is 5.69 Å². The Labute approximate surface area is 132 Å². The zero-order valence-electron chi connectivity index (χ0n) is 12.3. The number of amides is 1. The van der Waals surface area contributed by atoms with Crippen LogP contribution in [-0.2, 0) is 20.9 Å². The van der Waals surface area contributed by atoms with Crippen molar-refractivity contribution in [1.82, 2.24) is 14.8 Å². The largest absolute Gasteiger partial charge is 0.479 e. The first-order valence-electron chi connectivity index (χ1n) is 7.23. The highest BCUT2D eigenvalue weighted by molar-refractivity contribution is 5.95. The second-order valence-electron chi connectivity index (χ2n) is 5.27. The summed E-state index contributed by atoms with van der Waals surface area (Å²) in [5.41, 5.74) is 1.52. The molecule has 1 aliphatic rings. The molecule has 1 fully saturated rings. The summed E-state index contributed by atoms with van der Waals surface area (Å²) in [5, 5.41) is 15.8. The molecule has 2 atom stereocenters. The second kappa shape index (κ2) is 6.57. The van der Waals surface area contributed by atoms with E-state index in [9.17, 15) is 9.59 Å². The summed E-state index contributed by atoms with van der Waals surface area (Å²) >= 11 is 0. The second-order valence-corrected chi connectivity index (χ2v) is 5.27. The van der Waals surface area contributed by atoms with Gasteiger partial charge in [-0.05, 0) is 24.5 Å². The molecule has 1 amide bonds. The molecule has 0 spiro atoms. The maximum atomic E-state index is 12.3. The van der Waals surface area contributed by atoms with Crippen molar-refractivity contribution in [2.45, 2.75) is 31.6 Å². The maximum Gasteiger partial charge on any atom is 0.332 e. The Hall–Kier alpha value is -2.74. The molecule has 0 saturated carbocycles. The number of aliphatic carboxylic acids is 1. The van der Waals surface area contributed by atoms with Crippen molar-refractivity contribution >= 4 is 17.6 Å². The minimum absolute atomic E-state index is 0.334. The minimum Gasteiger partial charge on any atom is -0.479 e. The van der Waals surface area contributed by atoms with Crippen LogP contribution in [0.25, 0.3) is 0 Å². The zero-order valence-corrected chi connectivity index (χ0v) is 12.3. The van der Waals surface area contributed by atoms with Gasteiger partial charge >= 0.3 is 5.97 Å². The fraction of sp³-hybridized carbons (Fsp3) is 0.333. The number of para-hydroxylation sites is 1. The van der Waals surface area contributed by atoms with Crippen LogP contribution in [0.3, 0.4) is 0 Å². The van der Waals surface area contributed by atoms with Gasteiger partial charge < -0.3 is 15.2 Å².